The van der Waals surface area contributed by atoms with Crippen LogP contribution >= 0.6 is 0 Å². The summed E-state index contributed by atoms with van der Waals surface area (Å²) in [6.07, 6.45) is 0. The van der Waals surface area contributed by atoms with Crippen LogP contribution in [0.25, 0.3) is 11.0 Å². The summed E-state index contributed by atoms with van der Waals surface area (Å²) in [5.41, 5.74) is 0.525. The van der Waals surface area contributed by atoms with Crippen LogP contribution in [0.15, 0.2) is 75.9 Å². The van der Waals surface area contributed by atoms with Crippen LogP contribution < -0.4 is 24.4 Å². The molecule has 1 aromatic heterocycles. The molecule has 0 fully saturated rings. The summed E-state index contributed by atoms with van der Waals surface area (Å²) in [5.74, 6) is 2.19. The topological polar surface area (TPSA) is 84.2 Å². The van der Waals surface area contributed by atoms with E-state index in [2.05, 4.69) is 0 Å². The number of hydrogen-bond donors (Lipinski definition) is 0. The number of hydrogen-bond acceptors (Lipinski definition) is 7. The average Bonchev–Trinajstić information content (AvgIpc) is 2.85. The minimum Gasteiger partial charge on any atom is -0.497 e. The number of carbonyl (C=O) groups is 1. The van der Waals surface area contributed by atoms with Crippen molar-refractivity contribution in [3.8, 4) is 28.7 Å². The van der Waals surface area contributed by atoms with Crippen molar-refractivity contribution < 1.29 is 28.2 Å². The number of carbonyl (C=O) groups excluding carboxylic acids is 1. The van der Waals surface area contributed by atoms with Crippen LogP contribution in [-0.4, -0.2) is 26.6 Å². The van der Waals surface area contributed by atoms with Gasteiger partial charge in [0.2, 0.25) is 11.2 Å². The quantitative estimate of drug-likeness (QED) is 0.345. The SMILES string of the molecule is COc1ccc(C(=O)COc2ccc3c(=O)c(Oc4ccccc4OC)c(C)oc3c2)cc1. The van der Waals surface area contributed by atoms with Gasteiger partial charge in [-0.05, 0) is 55.5 Å². The maximum Gasteiger partial charge on any atom is 0.235 e. The fraction of sp³-hybridized carbons (Fsp3) is 0.154. The monoisotopic (exact) mass is 446 g/mol. The van der Waals surface area contributed by atoms with Crippen LogP contribution in [0.5, 0.6) is 28.7 Å². The molecular formula is C26H22O7. The molecule has 0 N–H and O–H groups in total. The number of aryl methyl sites for hydroxylation is 1. The number of methoxy groups -OCH3 is 2. The Bertz CT molecular complexity index is 1350. The molecule has 0 saturated carbocycles. The lowest BCUT2D eigenvalue weighted by molar-refractivity contribution is 0.0921. The first-order valence-corrected chi connectivity index (χ1v) is 10.2. The molecule has 0 unspecified atom stereocenters. The van der Waals surface area contributed by atoms with E-state index in [4.69, 9.17) is 23.4 Å². The van der Waals surface area contributed by atoms with Gasteiger partial charge in [-0.25, -0.2) is 0 Å². The molecule has 7 nitrogen and oxygen atoms in total. The molecular weight excluding hydrogens is 424 g/mol. The standard InChI is InChI=1S/C26H22O7/c1-16-26(33-23-7-5-4-6-22(23)30-3)25(28)20-13-12-19(14-24(20)32-16)31-15-21(27)17-8-10-18(29-2)11-9-17/h4-14H,15H2,1-3H3. The van der Waals surface area contributed by atoms with Gasteiger partial charge in [-0.15, -0.1) is 0 Å². The van der Waals surface area contributed by atoms with E-state index in [-0.39, 0.29) is 23.6 Å². The molecule has 0 aliphatic rings. The number of benzene rings is 3. The second kappa shape index (κ2) is 9.48. The van der Waals surface area contributed by atoms with Crippen LogP contribution in [-0.2, 0) is 0 Å². The van der Waals surface area contributed by atoms with Crippen molar-refractivity contribution >= 4 is 16.8 Å². The Labute approximate surface area is 190 Å². The Morgan fingerprint density at radius 2 is 1.58 bits per heavy atom. The molecule has 168 valence electrons. The summed E-state index contributed by atoms with van der Waals surface area (Å²) in [5, 5.41) is 0.333. The number of fused-ring (bicyclic) bond motifs is 1. The number of ketones is 1. The summed E-state index contributed by atoms with van der Waals surface area (Å²) in [7, 11) is 3.09. The number of para-hydroxylation sites is 2. The fourth-order valence-electron chi connectivity index (χ4n) is 3.30. The van der Waals surface area contributed by atoms with Crippen molar-refractivity contribution in [2.45, 2.75) is 6.92 Å². The van der Waals surface area contributed by atoms with Crippen molar-refractivity contribution in [2.24, 2.45) is 0 Å². The molecule has 0 radical (unpaired) electrons. The van der Waals surface area contributed by atoms with Crippen molar-refractivity contribution in [2.75, 3.05) is 20.8 Å². The molecule has 0 spiro atoms. The first-order chi connectivity index (χ1) is 16.0. The lowest BCUT2D eigenvalue weighted by atomic mass is 10.1. The van der Waals surface area contributed by atoms with Gasteiger partial charge in [-0.3, -0.25) is 9.59 Å². The van der Waals surface area contributed by atoms with Crippen molar-refractivity contribution in [1.82, 2.24) is 0 Å². The third-order valence-corrected chi connectivity index (χ3v) is 5.05. The molecule has 0 saturated heterocycles. The summed E-state index contributed by atoms with van der Waals surface area (Å²) in [4.78, 5) is 25.4. The van der Waals surface area contributed by atoms with E-state index in [9.17, 15) is 9.59 Å². The Balaban J connectivity index is 1.55. The zero-order valence-electron chi connectivity index (χ0n) is 18.4. The van der Waals surface area contributed by atoms with E-state index >= 15 is 0 Å². The number of Topliss-reactive ketones (excluding diaryl/α,β-unsaturated/α-hetero) is 1. The van der Waals surface area contributed by atoms with Gasteiger partial charge < -0.3 is 23.4 Å². The second-order valence-corrected chi connectivity index (χ2v) is 7.17. The summed E-state index contributed by atoms with van der Waals surface area (Å²) in [6, 6.07) is 18.6. The van der Waals surface area contributed by atoms with Crippen LogP contribution in [0.1, 0.15) is 16.1 Å². The molecule has 0 aliphatic carbocycles. The first-order valence-electron chi connectivity index (χ1n) is 10.2. The van der Waals surface area contributed by atoms with Gasteiger partial charge in [0.1, 0.15) is 22.8 Å². The fourth-order valence-corrected chi connectivity index (χ4v) is 3.30. The third kappa shape index (κ3) is 4.67. The molecule has 33 heavy (non-hydrogen) atoms. The minimum atomic E-state index is -0.319. The highest BCUT2D eigenvalue weighted by molar-refractivity contribution is 5.97. The van der Waals surface area contributed by atoms with E-state index in [0.29, 0.717) is 45.3 Å². The van der Waals surface area contributed by atoms with Crippen molar-refractivity contribution in [3.63, 3.8) is 0 Å². The van der Waals surface area contributed by atoms with E-state index in [1.807, 2.05) is 6.07 Å². The first kappa shape index (κ1) is 22.0. The summed E-state index contributed by atoms with van der Waals surface area (Å²) < 4.78 is 27.7. The van der Waals surface area contributed by atoms with Gasteiger partial charge in [0.05, 0.1) is 19.6 Å². The second-order valence-electron chi connectivity index (χ2n) is 7.17. The minimum absolute atomic E-state index is 0.0790. The molecule has 3 aromatic carbocycles. The molecule has 4 aromatic rings. The highest BCUT2D eigenvalue weighted by Gasteiger charge is 2.16. The third-order valence-electron chi connectivity index (χ3n) is 5.05. The van der Waals surface area contributed by atoms with E-state index < -0.39 is 0 Å². The predicted molar refractivity (Wildman–Crippen MR) is 123 cm³/mol. The summed E-state index contributed by atoms with van der Waals surface area (Å²) in [6.45, 7) is 1.49. The van der Waals surface area contributed by atoms with E-state index in [1.54, 1.807) is 74.7 Å². The Morgan fingerprint density at radius 3 is 2.27 bits per heavy atom. The Hall–Kier alpha value is -4.26. The molecule has 7 heteroatoms. The van der Waals surface area contributed by atoms with Crippen LogP contribution in [0, 0.1) is 6.92 Å². The van der Waals surface area contributed by atoms with Crippen LogP contribution in [0.3, 0.4) is 0 Å². The molecule has 0 amide bonds. The van der Waals surface area contributed by atoms with Gasteiger partial charge in [0, 0.05) is 11.6 Å². The molecule has 0 bridgehead atoms. The smallest absolute Gasteiger partial charge is 0.235 e. The highest BCUT2D eigenvalue weighted by Crippen LogP contribution is 2.32. The lowest BCUT2D eigenvalue weighted by Gasteiger charge is -2.12. The zero-order valence-corrected chi connectivity index (χ0v) is 18.4. The number of ether oxygens (including phenoxy) is 4. The van der Waals surface area contributed by atoms with Gasteiger partial charge in [-0.1, -0.05) is 12.1 Å². The summed E-state index contributed by atoms with van der Waals surface area (Å²) >= 11 is 0. The molecule has 0 aliphatic heterocycles. The zero-order chi connectivity index (χ0) is 23.4. The van der Waals surface area contributed by atoms with Crippen LogP contribution in [0.2, 0.25) is 0 Å². The van der Waals surface area contributed by atoms with Crippen molar-refractivity contribution in [3.05, 3.63) is 88.3 Å². The predicted octanol–water partition coefficient (Wildman–Crippen LogP) is 5.17. The normalized spacial score (nSPS) is 10.6. The average molecular weight is 446 g/mol. The van der Waals surface area contributed by atoms with E-state index in [0.717, 1.165) is 0 Å². The number of rotatable bonds is 8. The lowest BCUT2D eigenvalue weighted by Crippen LogP contribution is -2.12. The Morgan fingerprint density at radius 1 is 0.879 bits per heavy atom. The van der Waals surface area contributed by atoms with E-state index in [1.165, 1.54) is 7.11 Å². The van der Waals surface area contributed by atoms with Gasteiger partial charge in [0.25, 0.3) is 0 Å². The van der Waals surface area contributed by atoms with Gasteiger partial charge >= 0.3 is 0 Å². The maximum absolute atomic E-state index is 13.0. The highest BCUT2D eigenvalue weighted by atomic mass is 16.5. The van der Waals surface area contributed by atoms with Gasteiger partial charge in [-0.2, -0.15) is 0 Å². The molecule has 4 rings (SSSR count). The molecule has 0 atom stereocenters. The largest absolute Gasteiger partial charge is 0.497 e. The van der Waals surface area contributed by atoms with Crippen molar-refractivity contribution in [1.29, 1.82) is 0 Å². The molecule has 1 heterocycles. The van der Waals surface area contributed by atoms with Crippen LogP contribution in [0.4, 0.5) is 0 Å². The van der Waals surface area contributed by atoms with Gasteiger partial charge in [0.15, 0.2) is 23.9 Å². The Kier molecular flexibility index (Phi) is 6.31. The maximum atomic E-state index is 13.0.